The molecule has 0 fully saturated rings. The third kappa shape index (κ3) is 4.76. The first-order chi connectivity index (χ1) is 11.0. The molecule has 1 atom stereocenters. The van der Waals surface area contributed by atoms with Crippen molar-refractivity contribution in [3.05, 3.63) is 59.7 Å². The Hall–Kier alpha value is -2.45. The summed E-state index contributed by atoms with van der Waals surface area (Å²) in [4.78, 5) is 11.2. The van der Waals surface area contributed by atoms with Crippen molar-refractivity contribution in [2.45, 2.75) is 18.8 Å². The molecule has 2 rings (SSSR count). The van der Waals surface area contributed by atoms with Crippen LogP contribution >= 0.6 is 0 Å². The van der Waals surface area contributed by atoms with Gasteiger partial charge in [0, 0.05) is 12.0 Å². The molecule has 0 aliphatic rings. The summed E-state index contributed by atoms with van der Waals surface area (Å²) in [5.74, 6) is 0.570. The SMILES string of the molecule is [NH3+][C@@H](Cc1ccc(Oc2ccc(C(=O)NO)cc2)cc1)C(O)O. The number of quaternary nitrogens is 1. The Kier molecular flexibility index (Phi) is 5.67. The van der Waals surface area contributed by atoms with Gasteiger partial charge in [-0.1, -0.05) is 12.1 Å². The number of ether oxygens (including phenoxy) is 1. The standard InChI is InChI=1S/C16H18N2O5/c17-14(16(20)21)9-10-1-5-12(6-2-10)23-13-7-3-11(4-8-13)15(19)18-22/h1-8,14,16,20-22H,9,17H2,(H,18,19)/p+1/t14-/m0/s1. The molecule has 0 aliphatic heterocycles. The van der Waals surface area contributed by atoms with Gasteiger partial charge in [0.05, 0.1) is 0 Å². The fourth-order valence-corrected chi connectivity index (χ4v) is 1.98. The van der Waals surface area contributed by atoms with Crippen LogP contribution in [0.2, 0.25) is 0 Å². The summed E-state index contributed by atoms with van der Waals surface area (Å²) in [6.07, 6.45) is -0.997. The van der Waals surface area contributed by atoms with Gasteiger partial charge in [-0.25, -0.2) is 5.48 Å². The maximum absolute atomic E-state index is 11.2. The number of hydroxylamine groups is 1. The molecular weight excluding hydrogens is 300 g/mol. The molecule has 1 amide bonds. The van der Waals surface area contributed by atoms with Crippen LogP contribution in [0.15, 0.2) is 48.5 Å². The van der Waals surface area contributed by atoms with Crippen LogP contribution in [0.3, 0.4) is 0 Å². The fourth-order valence-electron chi connectivity index (χ4n) is 1.98. The minimum Gasteiger partial charge on any atom is -0.457 e. The van der Waals surface area contributed by atoms with Gasteiger partial charge >= 0.3 is 0 Å². The average Bonchev–Trinajstić information content (AvgIpc) is 2.56. The van der Waals surface area contributed by atoms with E-state index in [1.54, 1.807) is 29.7 Å². The summed E-state index contributed by atoms with van der Waals surface area (Å²) >= 11 is 0. The highest BCUT2D eigenvalue weighted by Crippen LogP contribution is 2.22. The number of benzene rings is 2. The second-order valence-electron chi connectivity index (χ2n) is 5.09. The summed E-state index contributed by atoms with van der Waals surface area (Å²) in [6.45, 7) is 0. The van der Waals surface area contributed by atoms with E-state index in [9.17, 15) is 4.79 Å². The number of hydrogen-bond acceptors (Lipinski definition) is 5. The third-order valence-corrected chi connectivity index (χ3v) is 3.30. The minimum absolute atomic E-state index is 0.319. The smallest absolute Gasteiger partial charge is 0.274 e. The van der Waals surface area contributed by atoms with E-state index in [2.05, 4.69) is 5.73 Å². The number of rotatable bonds is 6. The lowest BCUT2D eigenvalue weighted by Crippen LogP contribution is -2.67. The lowest BCUT2D eigenvalue weighted by molar-refractivity contribution is -0.455. The molecule has 0 heterocycles. The van der Waals surface area contributed by atoms with Gasteiger partial charge in [0.25, 0.3) is 5.91 Å². The van der Waals surface area contributed by atoms with Crippen molar-refractivity contribution in [1.29, 1.82) is 0 Å². The van der Waals surface area contributed by atoms with Gasteiger partial charge in [0.15, 0.2) is 0 Å². The largest absolute Gasteiger partial charge is 0.457 e. The highest BCUT2D eigenvalue weighted by atomic mass is 16.5. The van der Waals surface area contributed by atoms with E-state index in [1.807, 2.05) is 12.1 Å². The highest BCUT2D eigenvalue weighted by Gasteiger charge is 2.15. The van der Waals surface area contributed by atoms with Gasteiger partial charge in [0.2, 0.25) is 6.29 Å². The molecule has 0 radical (unpaired) electrons. The lowest BCUT2D eigenvalue weighted by atomic mass is 10.1. The lowest BCUT2D eigenvalue weighted by Gasteiger charge is -2.11. The number of hydrogen-bond donors (Lipinski definition) is 5. The van der Waals surface area contributed by atoms with Crippen molar-refractivity contribution in [2.75, 3.05) is 0 Å². The molecule has 0 saturated carbocycles. The normalized spacial score (nSPS) is 12.0. The van der Waals surface area contributed by atoms with Crippen LogP contribution in [0.1, 0.15) is 15.9 Å². The molecule has 2 aromatic carbocycles. The molecule has 7 heteroatoms. The Labute approximate surface area is 132 Å². The summed E-state index contributed by atoms with van der Waals surface area (Å²) in [7, 11) is 0. The van der Waals surface area contributed by atoms with E-state index in [0.29, 0.717) is 23.5 Å². The second-order valence-corrected chi connectivity index (χ2v) is 5.09. The first kappa shape index (κ1) is 16.9. The molecular formula is C16H19N2O5+. The Morgan fingerprint density at radius 3 is 2.04 bits per heavy atom. The van der Waals surface area contributed by atoms with Gasteiger partial charge in [0.1, 0.15) is 17.5 Å². The molecule has 0 bridgehead atoms. The molecule has 0 aliphatic carbocycles. The molecule has 7 N–H and O–H groups in total. The molecule has 2 aromatic rings. The predicted molar refractivity (Wildman–Crippen MR) is 80.8 cm³/mol. The minimum atomic E-state index is -1.44. The number of carbonyl (C=O) groups is 1. The van der Waals surface area contributed by atoms with Crippen molar-refractivity contribution in [1.82, 2.24) is 5.48 Å². The second kappa shape index (κ2) is 7.70. The molecule has 0 saturated heterocycles. The van der Waals surface area contributed by atoms with E-state index in [-0.39, 0.29) is 0 Å². The van der Waals surface area contributed by atoms with E-state index in [0.717, 1.165) is 5.56 Å². The van der Waals surface area contributed by atoms with Gasteiger partial charge in [-0.05, 0) is 42.0 Å². The van der Waals surface area contributed by atoms with E-state index < -0.39 is 18.2 Å². The maximum Gasteiger partial charge on any atom is 0.274 e. The zero-order valence-corrected chi connectivity index (χ0v) is 12.3. The van der Waals surface area contributed by atoms with Gasteiger partial charge in [-0.3, -0.25) is 10.0 Å². The van der Waals surface area contributed by atoms with Crippen molar-refractivity contribution in [3.63, 3.8) is 0 Å². The van der Waals surface area contributed by atoms with Crippen LogP contribution in [-0.2, 0) is 6.42 Å². The highest BCUT2D eigenvalue weighted by molar-refractivity contribution is 5.93. The molecule has 0 unspecified atom stereocenters. The fraction of sp³-hybridized carbons (Fsp3) is 0.188. The first-order valence-corrected chi connectivity index (χ1v) is 7.00. The molecule has 122 valence electrons. The number of carbonyl (C=O) groups excluding carboxylic acids is 1. The predicted octanol–water partition coefficient (Wildman–Crippen LogP) is 0.0616. The Balaban J connectivity index is 1.99. The van der Waals surface area contributed by atoms with Crippen molar-refractivity contribution < 1.29 is 30.7 Å². The van der Waals surface area contributed by atoms with Gasteiger partial charge in [-0.2, -0.15) is 0 Å². The van der Waals surface area contributed by atoms with Gasteiger partial charge in [-0.15, -0.1) is 0 Å². The van der Waals surface area contributed by atoms with Gasteiger partial charge < -0.3 is 20.7 Å². The van der Waals surface area contributed by atoms with E-state index in [4.69, 9.17) is 20.2 Å². The summed E-state index contributed by atoms with van der Waals surface area (Å²) in [6, 6.07) is 13.0. The van der Waals surface area contributed by atoms with Crippen molar-refractivity contribution in [2.24, 2.45) is 0 Å². The average molecular weight is 319 g/mol. The zero-order chi connectivity index (χ0) is 16.8. The van der Waals surface area contributed by atoms with Crippen LogP contribution in [0.4, 0.5) is 0 Å². The van der Waals surface area contributed by atoms with Crippen molar-refractivity contribution >= 4 is 5.91 Å². The maximum atomic E-state index is 11.2. The number of amides is 1. The summed E-state index contributed by atoms with van der Waals surface area (Å²) in [5, 5.41) is 26.6. The Morgan fingerprint density at radius 2 is 1.57 bits per heavy atom. The Morgan fingerprint density at radius 1 is 1.04 bits per heavy atom. The molecule has 0 aromatic heterocycles. The molecule has 0 spiro atoms. The van der Waals surface area contributed by atoms with Crippen LogP contribution in [0.25, 0.3) is 0 Å². The van der Waals surface area contributed by atoms with E-state index >= 15 is 0 Å². The number of aliphatic hydroxyl groups excluding tert-OH is 1. The quantitative estimate of drug-likeness (QED) is 0.292. The summed E-state index contributed by atoms with van der Waals surface area (Å²) in [5.41, 5.74) is 6.47. The molecule has 7 nitrogen and oxygen atoms in total. The zero-order valence-electron chi connectivity index (χ0n) is 12.3. The van der Waals surface area contributed by atoms with E-state index in [1.165, 1.54) is 12.1 Å². The first-order valence-electron chi connectivity index (χ1n) is 7.00. The molecule has 23 heavy (non-hydrogen) atoms. The topological polar surface area (TPSA) is 127 Å². The Bertz CT molecular complexity index is 641. The van der Waals surface area contributed by atoms with Crippen LogP contribution in [-0.4, -0.2) is 33.7 Å². The summed E-state index contributed by atoms with van der Waals surface area (Å²) < 4.78 is 5.65. The van der Waals surface area contributed by atoms with Crippen molar-refractivity contribution in [3.8, 4) is 11.5 Å². The third-order valence-electron chi connectivity index (χ3n) is 3.30. The monoisotopic (exact) mass is 319 g/mol. The number of nitrogens with one attached hydrogen (secondary N) is 1. The van der Waals surface area contributed by atoms with Crippen LogP contribution in [0, 0.1) is 0 Å². The van der Waals surface area contributed by atoms with Crippen LogP contribution < -0.4 is 16.0 Å². The van der Waals surface area contributed by atoms with Crippen LogP contribution in [0.5, 0.6) is 11.5 Å². The number of aliphatic hydroxyl groups is 2.